The molecule has 0 spiro atoms. The van der Waals surface area contributed by atoms with E-state index in [0.29, 0.717) is 17.5 Å². The van der Waals surface area contributed by atoms with Crippen LogP contribution in [0.1, 0.15) is 37.3 Å². The van der Waals surface area contributed by atoms with E-state index in [1.54, 1.807) is 23.0 Å². The molecule has 0 N–H and O–H groups in total. The molecule has 1 aliphatic carbocycles. The number of pyridine rings is 1. The molecule has 126 valence electrons. The summed E-state index contributed by atoms with van der Waals surface area (Å²) in [4.78, 5) is 20.6. The van der Waals surface area contributed by atoms with E-state index in [1.807, 2.05) is 19.9 Å². The summed E-state index contributed by atoms with van der Waals surface area (Å²) >= 11 is 0. The lowest BCUT2D eigenvalue weighted by molar-refractivity contribution is 0.294. The molecule has 0 aromatic carbocycles. The van der Waals surface area contributed by atoms with E-state index in [4.69, 9.17) is 4.74 Å². The molecule has 1 atom stereocenters. The topological polar surface area (TPSA) is 57.0 Å². The second-order valence-corrected chi connectivity index (χ2v) is 5.98. The van der Waals surface area contributed by atoms with Gasteiger partial charge in [0.2, 0.25) is 0 Å². The van der Waals surface area contributed by atoms with Gasteiger partial charge in [0.1, 0.15) is 12.4 Å². The van der Waals surface area contributed by atoms with Gasteiger partial charge in [-0.25, -0.2) is 9.97 Å². The molecule has 0 amide bonds. The Balaban J connectivity index is 1.71. The second-order valence-electron chi connectivity index (χ2n) is 5.98. The number of hydrogen-bond donors (Lipinski definition) is 0. The van der Waals surface area contributed by atoms with Crippen molar-refractivity contribution in [3.63, 3.8) is 0 Å². The van der Waals surface area contributed by atoms with Crippen molar-refractivity contribution >= 4 is 0 Å². The van der Waals surface area contributed by atoms with Gasteiger partial charge >= 0.3 is 0 Å². The van der Waals surface area contributed by atoms with Crippen LogP contribution in [0.25, 0.3) is 0 Å². The van der Waals surface area contributed by atoms with Gasteiger partial charge in [0.25, 0.3) is 5.56 Å². The van der Waals surface area contributed by atoms with Gasteiger partial charge in [-0.15, -0.1) is 0 Å². The van der Waals surface area contributed by atoms with Crippen LogP contribution >= 0.6 is 0 Å². The standard InChI is InChI=1S/C20H19N3O2/c1-15(6-3-4-7-17-8-9-17)23-16(2)12-18(13-20(23)24)25-14-19-21-10-5-11-22-19/h5,10-13,15,17H,8-9,14H2,1-2H3. The first kappa shape index (κ1) is 16.8. The molecule has 25 heavy (non-hydrogen) atoms. The highest BCUT2D eigenvalue weighted by atomic mass is 16.5. The van der Waals surface area contributed by atoms with Crippen LogP contribution in [0.3, 0.4) is 0 Å². The molecule has 1 fully saturated rings. The number of aromatic nitrogens is 3. The summed E-state index contributed by atoms with van der Waals surface area (Å²) in [5.41, 5.74) is 0.634. The third-order valence-corrected chi connectivity index (χ3v) is 3.81. The van der Waals surface area contributed by atoms with Crippen molar-refractivity contribution in [1.82, 2.24) is 14.5 Å². The molecular weight excluding hydrogens is 314 g/mol. The first-order chi connectivity index (χ1) is 12.1. The summed E-state index contributed by atoms with van der Waals surface area (Å²) in [7, 11) is 0. The molecule has 0 aliphatic heterocycles. The lowest BCUT2D eigenvalue weighted by atomic mass is 10.2. The monoisotopic (exact) mass is 333 g/mol. The Morgan fingerprint density at radius 2 is 2.04 bits per heavy atom. The van der Waals surface area contributed by atoms with Crippen molar-refractivity contribution in [2.24, 2.45) is 5.92 Å². The van der Waals surface area contributed by atoms with Crippen molar-refractivity contribution in [2.75, 3.05) is 0 Å². The smallest absolute Gasteiger partial charge is 0.255 e. The van der Waals surface area contributed by atoms with E-state index in [0.717, 1.165) is 5.69 Å². The molecule has 1 saturated carbocycles. The quantitative estimate of drug-likeness (QED) is 0.807. The van der Waals surface area contributed by atoms with Crippen LogP contribution < -0.4 is 10.3 Å². The average molecular weight is 333 g/mol. The maximum absolute atomic E-state index is 12.4. The summed E-state index contributed by atoms with van der Waals surface area (Å²) in [5.74, 6) is 13.4. The Kier molecular flexibility index (Phi) is 5.16. The number of nitrogens with zero attached hydrogens (tertiary/aromatic N) is 3. The van der Waals surface area contributed by atoms with Gasteiger partial charge in [-0.1, -0.05) is 11.8 Å². The maximum atomic E-state index is 12.4. The lowest BCUT2D eigenvalue weighted by Gasteiger charge is -2.14. The number of hydrogen-bond acceptors (Lipinski definition) is 4. The second kappa shape index (κ2) is 7.68. The Labute approximate surface area is 147 Å². The molecule has 2 aromatic rings. The van der Waals surface area contributed by atoms with E-state index in [1.165, 1.54) is 18.9 Å². The Morgan fingerprint density at radius 3 is 2.72 bits per heavy atom. The predicted molar refractivity (Wildman–Crippen MR) is 94.8 cm³/mol. The highest BCUT2D eigenvalue weighted by Gasteiger charge is 2.17. The molecule has 5 heteroatoms. The van der Waals surface area contributed by atoms with Gasteiger partial charge in [-0.05, 0) is 50.7 Å². The molecule has 5 nitrogen and oxygen atoms in total. The van der Waals surface area contributed by atoms with Gasteiger partial charge in [0, 0.05) is 30.1 Å². The molecule has 0 saturated heterocycles. The minimum Gasteiger partial charge on any atom is -0.485 e. The largest absolute Gasteiger partial charge is 0.485 e. The van der Waals surface area contributed by atoms with Crippen LogP contribution in [0.5, 0.6) is 5.75 Å². The van der Waals surface area contributed by atoms with Gasteiger partial charge < -0.3 is 4.74 Å². The van der Waals surface area contributed by atoms with E-state index >= 15 is 0 Å². The van der Waals surface area contributed by atoms with Gasteiger partial charge in [0.05, 0.1) is 6.04 Å². The van der Waals surface area contributed by atoms with E-state index in [2.05, 4.69) is 33.6 Å². The fourth-order valence-corrected chi connectivity index (χ4v) is 2.39. The molecular formula is C20H19N3O2. The van der Waals surface area contributed by atoms with Crippen molar-refractivity contribution < 1.29 is 4.74 Å². The van der Waals surface area contributed by atoms with Crippen LogP contribution in [-0.2, 0) is 6.61 Å². The maximum Gasteiger partial charge on any atom is 0.255 e. The first-order valence-electron chi connectivity index (χ1n) is 8.26. The fraction of sp³-hybridized carbons (Fsp3) is 0.350. The number of aryl methyl sites for hydroxylation is 1. The molecule has 1 aliphatic rings. The Morgan fingerprint density at radius 1 is 1.28 bits per heavy atom. The SMILES string of the molecule is Cc1cc(OCc2ncccn2)cc(=O)n1C(C)C#CC#CC1CC1. The third kappa shape index (κ3) is 4.71. The Bertz CT molecular complexity index is 923. The zero-order valence-corrected chi connectivity index (χ0v) is 14.3. The molecule has 1 unspecified atom stereocenters. The van der Waals surface area contributed by atoms with Crippen LogP contribution in [-0.4, -0.2) is 14.5 Å². The highest BCUT2D eigenvalue weighted by Crippen LogP contribution is 2.27. The summed E-state index contributed by atoms with van der Waals surface area (Å²) < 4.78 is 7.26. The third-order valence-electron chi connectivity index (χ3n) is 3.81. The zero-order valence-electron chi connectivity index (χ0n) is 14.3. The van der Waals surface area contributed by atoms with E-state index in [-0.39, 0.29) is 18.2 Å². The zero-order chi connectivity index (χ0) is 17.6. The lowest BCUT2D eigenvalue weighted by Crippen LogP contribution is -2.24. The van der Waals surface area contributed by atoms with Crippen LogP contribution in [0, 0.1) is 36.5 Å². The summed E-state index contributed by atoms with van der Waals surface area (Å²) in [6.07, 6.45) is 5.67. The number of ether oxygens (including phenoxy) is 1. The minimum absolute atomic E-state index is 0.152. The fourth-order valence-electron chi connectivity index (χ4n) is 2.39. The molecule has 2 aromatic heterocycles. The van der Waals surface area contributed by atoms with Gasteiger partial charge in [-0.2, -0.15) is 0 Å². The molecule has 0 radical (unpaired) electrons. The van der Waals surface area contributed by atoms with Crippen LogP contribution in [0.4, 0.5) is 0 Å². The number of rotatable bonds is 4. The van der Waals surface area contributed by atoms with Crippen molar-refractivity contribution in [3.05, 3.63) is 52.5 Å². The van der Waals surface area contributed by atoms with E-state index in [9.17, 15) is 4.79 Å². The average Bonchev–Trinajstić information content (AvgIpc) is 3.42. The Hall–Kier alpha value is -3.05. The van der Waals surface area contributed by atoms with Crippen molar-refractivity contribution in [3.8, 4) is 29.4 Å². The summed E-state index contributed by atoms with van der Waals surface area (Å²) in [6, 6.07) is 4.78. The van der Waals surface area contributed by atoms with E-state index < -0.39 is 0 Å². The van der Waals surface area contributed by atoms with Gasteiger partial charge in [0.15, 0.2) is 5.82 Å². The molecule has 2 heterocycles. The summed E-state index contributed by atoms with van der Waals surface area (Å²) in [5, 5.41) is 0. The first-order valence-corrected chi connectivity index (χ1v) is 8.26. The molecule has 0 bridgehead atoms. The van der Waals surface area contributed by atoms with Crippen LogP contribution in [0.15, 0.2) is 35.4 Å². The predicted octanol–water partition coefficient (Wildman–Crippen LogP) is 2.50. The molecule has 3 rings (SSSR count). The normalized spacial score (nSPS) is 13.8. The van der Waals surface area contributed by atoms with Crippen molar-refractivity contribution in [1.29, 1.82) is 0 Å². The minimum atomic E-state index is -0.243. The van der Waals surface area contributed by atoms with Crippen molar-refractivity contribution in [2.45, 2.75) is 39.3 Å². The summed E-state index contributed by atoms with van der Waals surface area (Å²) in [6.45, 7) is 3.97. The van der Waals surface area contributed by atoms with Crippen LogP contribution in [0.2, 0.25) is 0 Å². The van der Waals surface area contributed by atoms with Gasteiger partial charge in [-0.3, -0.25) is 9.36 Å². The highest BCUT2D eigenvalue weighted by molar-refractivity contribution is 5.31.